The molecule has 0 atom stereocenters. The molecule has 0 fully saturated rings. The van der Waals surface area contributed by atoms with Gasteiger partial charge < -0.3 is 5.73 Å². The first-order chi connectivity index (χ1) is 8.95. The molecule has 0 saturated carbocycles. The number of halogens is 1. The van der Waals surface area contributed by atoms with Gasteiger partial charge in [0, 0.05) is 20.1 Å². The van der Waals surface area contributed by atoms with Crippen LogP contribution in [0.1, 0.15) is 12.0 Å². The van der Waals surface area contributed by atoms with Crippen molar-refractivity contribution in [3.8, 4) is 0 Å². The molecule has 0 aliphatic heterocycles. The third-order valence-electron chi connectivity index (χ3n) is 2.70. The minimum atomic E-state index is -3.46. The highest BCUT2D eigenvalue weighted by Crippen LogP contribution is 2.03. The number of benzene rings is 1. The highest BCUT2D eigenvalue weighted by Gasteiger charge is 2.15. The summed E-state index contributed by atoms with van der Waals surface area (Å²) in [4.78, 5) is 0. The lowest BCUT2D eigenvalue weighted by molar-refractivity contribution is 0.453. The molecule has 0 radical (unpaired) electrons. The van der Waals surface area contributed by atoms with Gasteiger partial charge in [-0.15, -0.1) is 0 Å². The van der Waals surface area contributed by atoms with Crippen molar-refractivity contribution in [1.29, 1.82) is 0 Å². The molecule has 19 heavy (non-hydrogen) atoms. The Morgan fingerprint density at radius 3 is 2.53 bits per heavy atom. The lowest BCUT2D eigenvalue weighted by Crippen LogP contribution is -2.40. The maximum Gasteiger partial charge on any atom is 0.279 e. The number of nitrogens with one attached hydrogen (secondary N) is 1. The molecule has 1 rings (SSSR count). The fraction of sp³-hybridized carbons (Fsp3) is 0.500. The summed E-state index contributed by atoms with van der Waals surface area (Å²) in [5.74, 6) is -0.300. The van der Waals surface area contributed by atoms with E-state index in [2.05, 4.69) is 4.72 Å². The van der Waals surface area contributed by atoms with Gasteiger partial charge >= 0.3 is 0 Å². The summed E-state index contributed by atoms with van der Waals surface area (Å²) in [5, 5.41) is 0. The van der Waals surface area contributed by atoms with Crippen LogP contribution in [0.2, 0.25) is 0 Å². The Bertz CT molecular complexity index is 476. The monoisotopic (exact) mass is 289 g/mol. The summed E-state index contributed by atoms with van der Waals surface area (Å²) in [6.07, 6.45) is 1.14. The smallest absolute Gasteiger partial charge is 0.279 e. The van der Waals surface area contributed by atoms with Gasteiger partial charge in [-0.2, -0.15) is 12.7 Å². The molecule has 0 heterocycles. The van der Waals surface area contributed by atoms with Crippen LogP contribution in [0, 0.1) is 5.82 Å². The van der Waals surface area contributed by atoms with Gasteiger partial charge in [0.15, 0.2) is 0 Å². The minimum absolute atomic E-state index is 0.279. The standard InChI is InChI=1S/C12H20FN3O2S/c1-16(10-2-8-14)19(17,18)15-9-7-11-3-5-12(13)6-4-11/h3-6,15H,2,7-10,14H2,1H3. The van der Waals surface area contributed by atoms with Gasteiger partial charge in [0.05, 0.1) is 0 Å². The van der Waals surface area contributed by atoms with E-state index in [0.29, 0.717) is 25.9 Å². The number of rotatable bonds is 8. The zero-order valence-electron chi connectivity index (χ0n) is 11.0. The molecule has 0 amide bonds. The predicted molar refractivity (Wildman–Crippen MR) is 73.3 cm³/mol. The maximum absolute atomic E-state index is 12.7. The Morgan fingerprint density at radius 2 is 1.95 bits per heavy atom. The summed E-state index contributed by atoms with van der Waals surface area (Å²) in [7, 11) is -1.95. The molecule has 3 N–H and O–H groups in total. The van der Waals surface area contributed by atoms with E-state index in [1.54, 1.807) is 12.1 Å². The largest absolute Gasteiger partial charge is 0.330 e. The molecule has 7 heteroatoms. The Kier molecular flexibility index (Phi) is 6.36. The van der Waals surface area contributed by atoms with Crippen LogP contribution in [-0.4, -0.2) is 39.4 Å². The van der Waals surface area contributed by atoms with Crippen LogP contribution in [-0.2, 0) is 16.6 Å². The van der Waals surface area contributed by atoms with Crippen molar-refractivity contribution in [2.75, 3.05) is 26.7 Å². The first-order valence-electron chi connectivity index (χ1n) is 6.11. The van der Waals surface area contributed by atoms with Crippen LogP contribution < -0.4 is 10.5 Å². The Labute approximate surface area is 113 Å². The predicted octanol–water partition coefficient (Wildman–Crippen LogP) is 0.483. The summed E-state index contributed by atoms with van der Waals surface area (Å²) >= 11 is 0. The van der Waals surface area contributed by atoms with E-state index in [1.165, 1.54) is 23.5 Å². The summed E-state index contributed by atoms with van der Waals surface area (Å²) in [6, 6.07) is 6.00. The molecule has 0 bridgehead atoms. The second-order valence-corrected chi connectivity index (χ2v) is 6.10. The van der Waals surface area contributed by atoms with E-state index < -0.39 is 10.2 Å². The van der Waals surface area contributed by atoms with Gasteiger partial charge in [-0.3, -0.25) is 0 Å². The van der Waals surface area contributed by atoms with Crippen molar-refractivity contribution in [3.63, 3.8) is 0 Å². The van der Waals surface area contributed by atoms with Crippen LogP contribution in [0.25, 0.3) is 0 Å². The zero-order chi connectivity index (χ0) is 14.3. The molecule has 5 nitrogen and oxygen atoms in total. The minimum Gasteiger partial charge on any atom is -0.330 e. The van der Waals surface area contributed by atoms with Crippen molar-refractivity contribution >= 4 is 10.2 Å². The van der Waals surface area contributed by atoms with Gasteiger partial charge in [-0.1, -0.05) is 12.1 Å². The van der Waals surface area contributed by atoms with Crippen molar-refractivity contribution in [2.24, 2.45) is 5.73 Å². The molecule has 0 aromatic heterocycles. The van der Waals surface area contributed by atoms with Crippen molar-refractivity contribution in [1.82, 2.24) is 9.03 Å². The van der Waals surface area contributed by atoms with Gasteiger partial charge in [0.2, 0.25) is 0 Å². The summed E-state index contributed by atoms with van der Waals surface area (Å²) < 4.78 is 40.0. The second kappa shape index (κ2) is 7.54. The van der Waals surface area contributed by atoms with Gasteiger partial charge in [0.25, 0.3) is 10.2 Å². The SMILES string of the molecule is CN(CCCN)S(=O)(=O)NCCc1ccc(F)cc1. The molecular formula is C12H20FN3O2S. The molecule has 0 aliphatic rings. The molecule has 1 aromatic rings. The summed E-state index contributed by atoms with van der Waals surface area (Å²) in [5.41, 5.74) is 6.22. The number of nitrogens with two attached hydrogens (primary N) is 1. The van der Waals surface area contributed by atoms with Gasteiger partial charge in [-0.25, -0.2) is 9.11 Å². The fourth-order valence-electron chi connectivity index (χ4n) is 1.52. The van der Waals surface area contributed by atoms with Crippen molar-refractivity contribution in [2.45, 2.75) is 12.8 Å². The van der Waals surface area contributed by atoms with Gasteiger partial charge in [0.1, 0.15) is 5.82 Å². The van der Waals surface area contributed by atoms with E-state index in [4.69, 9.17) is 5.73 Å². The van der Waals surface area contributed by atoms with Crippen LogP contribution in [0.15, 0.2) is 24.3 Å². The van der Waals surface area contributed by atoms with Gasteiger partial charge in [-0.05, 0) is 37.1 Å². The van der Waals surface area contributed by atoms with E-state index in [-0.39, 0.29) is 12.4 Å². The van der Waals surface area contributed by atoms with Crippen LogP contribution >= 0.6 is 0 Å². The van der Waals surface area contributed by atoms with E-state index in [1.807, 2.05) is 0 Å². The molecule has 108 valence electrons. The first kappa shape index (κ1) is 16.0. The quantitative estimate of drug-likeness (QED) is 0.731. The highest BCUT2D eigenvalue weighted by atomic mass is 32.2. The Balaban J connectivity index is 2.41. The molecule has 1 aromatic carbocycles. The maximum atomic E-state index is 12.7. The lowest BCUT2D eigenvalue weighted by atomic mass is 10.1. The number of nitrogens with zero attached hydrogens (tertiary/aromatic N) is 1. The average Bonchev–Trinajstić information content (AvgIpc) is 2.38. The topological polar surface area (TPSA) is 75.4 Å². The Morgan fingerprint density at radius 1 is 1.32 bits per heavy atom. The highest BCUT2D eigenvalue weighted by molar-refractivity contribution is 7.87. The van der Waals surface area contributed by atoms with Crippen LogP contribution in [0.5, 0.6) is 0 Å². The van der Waals surface area contributed by atoms with E-state index >= 15 is 0 Å². The number of hydrogen-bond donors (Lipinski definition) is 2. The van der Waals surface area contributed by atoms with Crippen molar-refractivity contribution in [3.05, 3.63) is 35.6 Å². The molecule has 0 aliphatic carbocycles. The first-order valence-corrected chi connectivity index (χ1v) is 7.55. The molecule has 0 spiro atoms. The van der Waals surface area contributed by atoms with E-state index in [9.17, 15) is 12.8 Å². The summed E-state index contributed by atoms with van der Waals surface area (Å²) in [6.45, 7) is 1.12. The fourth-order valence-corrected chi connectivity index (χ4v) is 2.47. The number of hydrogen-bond acceptors (Lipinski definition) is 3. The lowest BCUT2D eigenvalue weighted by Gasteiger charge is -2.17. The third kappa shape index (κ3) is 5.65. The average molecular weight is 289 g/mol. The van der Waals surface area contributed by atoms with Crippen LogP contribution in [0.3, 0.4) is 0 Å². The second-order valence-electron chi connectivity index (χ2n) is 4.24. The van der Waals surface area contributed by atoms with E-state index in [0.717, 1.165) is 5.56 Å². The van der Waals surface area contributed by atoms with Crippen molar-refractivity contribution < 1.29 is 12.8 Å². The third-order valence-corrected chi connectivity index (χ3v) is 4.27. The molecule has 0 unspecified atom stereocenters. The molecule has 0 saturated heterocycles. The normalized spacial score (nSPS) is 12.0. The molecular weight excluding hydrogens is 269 g/mol. The Hall–Kier alpha value is -1.02. The van der Waals surface area contributed by atoms with Crippen LogP contribution in [0.4, 0.5) is 4.39 Å². The zero-order valence-corrected chi connectivity index (χ0v) is 11.8.